The SMILES string of the molecule is [Cl][Pd+].[Cl][Pd+].[Cl][Pd+].[c-]1c(-c2cc(-c3ccc(-c4ccccc4)cc3)ccn2)ccc2c1N(c1ccccn1)c1ccccc1O2.[c-]1c(-c2cc(-c3ccc(-c4ccccc4)cc3)ccn2)cccc1N1c2ccccc2C=Cc2cccnc21.[c-]1c(-c2cc(-c3ccc(-c4ccccc4)cc3)ccn2)cccc1N1c2ccccc2Oc2cccnc21. The summed E-state index contributed by atoms with van der Waals surface area (Å²) in [6.07, 6.45) is 15.3. The van der Waals surface area contributed by atoms with Crippen molar-refractivity contribution in [3.05, 3.63) is 430 Å². The van der Waals surface area contributed by atoms with E-state index < -0.39 is 0 Å². The molecule has 12 aromatic carbocycles. The Balaban J connectivity index is 0.000000131. The second kappa shape index (κ2) is 39.8. The number of rotatable bonds is 12. The van der Waals surface area contributed by atoms with Gasteiger partial charge < -0.3 is 39.1 Å². The van der Waals surface area contributed by atoms with Gasteiger partial charge in [0.2, 0.25) is 0 Å². The molecule has 21 rings (SSSR count). The number of pyridine rings is 6. The quantitative estimate of drug-likeness (QED) is 0.0862. The van der Waals surface area contributed by atoms with Crippen LogP contribution in [0.5, 0.6) is 23.0 Å². The molecule has 0 N–H and O–H groups in total. The average molecular weight is 1900 g/mol. The van der Waals surface area contributed by atoms with Gasteiger partial charge in [0, 0.05) is 48.4 Å². The van der Waals surface area contributed by atoms with E-state index in [9.17, 15) is 0 Å². The van der Waals surface area contributed by atoms with E-state index in [1.54, 1.807) is 12.4 Å². The van der Waals surface area contributed by atoms with Crippen molar-refractivity contribution >= 4 is 92.3 Å². The van der Waals surface area contributed by atoms with Crippen LogP contribution in [0.2, 0.25) is 0 Å². The monoisotopic (exact) mass is 1900 g/mol. The molecular formula is C104H68Cl3N9O2Pd3. The molecule has 17 heteroatoms. The molecule has 0 radical (unpaired) electrons. The summed E-state index contributed by atoms with van der Waals surface area (Å²) in [5.74, 6) is 5.43. The van der Waals surface area contributed by atoms with E-state index in [0.717, 1.165) is 147 Å². The first-order valence-electron chi connectivity index (χ1n) is 38.4. The van der Waals surface area contributed by atoms with Gasteiger partial charge >= 0.3 is 83.1 Å². The summed E-state index contributed by atoms with van der Waals surface area (Å²) < 4.78 is 12.4. The van der Waals surface area contributed by atoms with Crippen molar-refractivity contribution < 1.29 is 64.0 Å². The van der Waals surface area contributed by atoms with E-state index in [2.05, 4.69) is 367 Å². The van der Waals surface area contributed by atoms with Crippen LogP contribution in [-0.2, 0) is 54.5 Å². The third-order valence-electron chi connectivity index (χ3n) is 20.4. The van der Waals surface area contributed by atoms with Crippen LogP contribution in [-0.4, -0.2) is 29.9 Å². The molecule has 11 nitrogen and oxygen atoms in total. The summed E-state index contributed by atoms with van der Waals surface area (Å²) in [6.45, 7) is 0. The summed E-state index contributed by atoms with van der Waals surface area (Å²) in [6, 6.07) is 135. The van der Waals surface area contributed by atoms with Crippen LogP contribution in [0.3, 0.4) is 0 Å². The number of benzene rings is 12. The van der Waals surface area contributed by atoms with Crippen molar-refractivity contribution in [1.29, 1.82) is 0 Å². The molecule has 18 aromatic rings. The number of anilines is 9. The number of hydrogen-bond acceptors (Lipinski definition) is 11. The second-order valence-electron chi connectivity index (χ2n) is 27.6. The molecule has 0 aliphatic carbocycles. The van der Waals surface area contributed by atoms with Gasteiger partial charge in [0.15, 0.2) is 17.3 Å². The summed E-state index contributed by atoms with van der Waals surface area (Å²) in [5.41, 5.74) is 27.0. The van der Waals surface area contributed by atoms with Gasteiger partial charge in [-0.2, -0.15) is 0 Å². The van der Waals surface area contributed by atoms with E-state index in [1.165, 1.54) is 33.4 Å². The Morgan fingerprint density at radius 3 is 1.08 bits per heavy atom. The molecule has 3 aliphatic rings. The number of nitrogens with zero attached hydrogens (tertiary/aromatic N) is 9. The average Bonchev–Trinajstić information content (AvgIpc) is 1.76. The Hall–Kier alpha value is -12.9. The number of ether oxygens (including phenoxy) is 2. The van der Waals surface area contributed by atoms with Gasteiger partial charge in [-0.3, -0.25) is 0 Å². The molecule has 6 aromatic heterocycles. The first-order chi connectivity index (χ1) is 60.0. The van der Waals surface area contributed by atoms with Gasteiger partial charge in [-0.15, -0.1) is 83.4 Å². The molecule has 0 atom stereocenters. The summed E-state index contributed by atoms with van der Waals surface area (Å²) in [4.78, 5) is 34.4. The van der Waals surface area contributed by atoms with Gasteiger partial charge in [0.25, 0.3) is 0 Å². The third-order valence-corrected chi connectivity index (χ3v) is 20.4. The molecule has 0 fully saturated rings. The predicted molar refractivity (Wildman–Crippen MR) is 482 cm³/mol. The molecule has 592 valence electrons. The molecule has 0 spiro atoms. The Morgan fingerprint density at radius 2 is 0.595 bits per heavy atom. The fourth-order valence-electron chi connectivity index (χ4n) is 14.7. The Morgan fingerprint density at radius 1 is 0.231 bits per heavy atom. The molecule has 0 bridgehead atoms. The van der Waals surface area contributed by atoms with Crippen molar-refractivity contribution in [1.82, 2.24) is 29.9 Å². The van der Waals surface area contributed by atoms with E-state index in [-0.39, 0.29) is 0 Å². The Bertz CT molecular complexity index is 6440. The maximum atomic E-state index is 6.24. The summed E-state index contributed by atoms with van der Waals surface area (Å²) >= 11 is 6.67. The van der Waals surface area contributed by atoms with Gasteiger partial charge in [-0.05, 0) is 186 Å². The molecule has 0 saturated carbocycles. The Labute approximate surface area is 748 Å². The number of hydrogen-bond donors (Lipinski definition) is 0. The van der Waals surface area contributed by atoms with Crippen LogP contribution >= 0.6 is 28.6 Å². The number of halogens is 3. The van der Waals surface area contributed by atoms with Gasteiger partial charge in [0.05, 0.1) is 22.8 Å². The Kier molecular flexibility index (Phi) is 26.9. The maximum Gasteiger partial charge on any atom is 0.179 e. The fourth-order valence-corrected chi connectivity index (χ4v) is 14.7. The van der Waals surface area contributed by atoms with E-state index >= 15 is 0 Å². The van der Waals surface area contributed by atoms with Crippen LogP contribution in [0.1, 0.15) is 11.1 Å². The van der Waals surface area contributed by atoms with Gasteiger partial charge in [-0.1, -0.05) is 243 Å². The predicted octanol–water partition coefficient (Wildman–Crippen LogP) is 29.0. The molecule has 9 heterocycles. The van der Waals surface area contributed by atoms with Crippen LogP contribution in [0.15, 0.2) is 401 Å². The minimum Gasteiger partial charge on any atom is -0.497 e. The van der Waals surface area contributed by atoms with E-state index in [1.807, 2.05) is 170 Å². The zero-order valence-corrected chi connectivity index (χ0v) is 71.1. The number of aromatic nitrogens is 6. The smallest absolute Gasteiger partial charge is 0.179 e. The molecule has 3 aliphatic heterocycles. The molecule has 0 amide bonds. The minimum atomic E-state index is 0.712. The van der Waals surface area contributed by atoms with Gasteiger partial charge in [0.1, 0.15) is 17.4 Å². The van der Waals surface area contributed by atoms with Gasteiger partial charge in [-0.25, -0.2) is 15.0 Å². The van der Waals surface area contributed by atoms with E-state index in [0.29, 0.717) is 5.75 Å². The largest absolute Gasteiger partial charge is 0.497 e. The number of fused-ring (bicyclic) bond motifs is 6. The van der Waals surface area contributed by atoms with Crippen LogP contribution < -0.4 is 24.2 Å². The molecular weight excluding hydrogens is 1830 g/mol. The van der Waals surface area contributed by atoms with Crippen molar-refractivity contribution in [2.75, 3.05) is 14.7 Å². The first kappa shape index (κ1) is 81.9. The van der Waals surface area contributed by atoms with Crippen LogP contribution in [0, 0.1) is 18.2 Å². The topological polar surface area (TPSA) is 106 Å². The fraction of sp³-hybridized carbons (Fsp3) is 0. The van der Waals surface area contributed by atoms with Crippen LogP contribution in [0.25, 0.3) is 113 Å². The summed E-state index contributed by atoms with van der Waals surface area (Å²) in [5, 5.41) is 0. The zero-order valence-electron chi connectivity index (χ0n) is 64.2. The molecule has 121 heavy (non-hydrogen) atoms. The standard InChI is InChI=1S/C36H24N3.2C34H22N3O.3ClH.3Pd/c1-2-8-26(9-3-1)27-15-17-28(18-16-27)31-21-23-37-34(25-31)32-11-6-13-33(24-32)39-35-14-5-4-10-29(35)19-20-30-12-7-22-38-36(30)39;1-2-8-24(9-3-1)25-15-17-26(18-16-25)27-19-21-35-30(23-27)28-10-6-11-29(22-28)37-31-12-4-5-13-32(31)38-33-14-7-20-36-34(33)37;1-2-8-24(9-3-1)25-13-15-26(16-14-25)27-19-21-35-29(22-27)28-17-18-33-31(23-28)37(34-12-6-7-20-36-34)30-10-4-5-11-32(30)38-33;;;;;;/h1-23,25H;1-21,23H;1-22H;3*1H;;;/q3*-1;;;;3*+2/p-3. The maximum absolute atomic E-state index is 6.24. The van der Waals surface area contributed by atoms with E-state index in [4.69, 9.17) is 19.4 Å². The first-order valence-corrected chi connectivity index (χ1v) is 44.4. The van der Waals surface area contributed by atoms with Crippen molar-refractivity contribution in [3.8, 4) is 124 Å². The molecule has 0 saturated heterocycles. The van der Waals surface area contributed by atoms with Crippen molar-refractivity contribution in [3.63, 3.8) is 0 Å². The second-order valence-corrected chi connectivity index (χ2v) is 27.6. The van der Waals surface area contributed by atoms with Crippen molar-refractivity contribution in [2.24, 2.45) is 0 Å². The third kappa shape index (κ3) is 18.6. The summed E-state index contributed by atoms with van der Waals surface area (Å²) in [7, 11) is 13.5. The normalized spacial score (nSPS) is 11.5. The number of para-hydroxylation sites is 5. The van der Waals surface area contributed by atoms with Crippen LogP contribution in [0.4, 0.5) is 51.6 Å². The molecule has 0 unspecified atom stereocenters. The zero-order chi connectivity index (χ0) is 82.6. The minimum absolute atomic E-state index is 0.712. The van der Waals surface area contributed by atoms with Crippen molar-refractivity contribution in [2.45, 2.75) is 0 Å².